The van der Waals surface area contributed by atoms with Crippen LogP contribution in [0.5, 0.6) is 0 Å². The molecule has 1 aliphatic rings. The SMILES string of the molecule is CC(c1ccco1)N(C)C(=O)C1CCN(S(=O)(=O)c2ccccc2F)CC1. The monoisotopic (exact) mass is 394 g/mol. The quantitative estimate of drug-likeness (QED) is 0.782. The predicted molar refractivity (Wildman–Crippen MR) is 97.8 cm³/mol. The summed E-state index contributed by atoms with van der Waals surface area (Å²) in [6.45, 7) is 2.26. The highest BCUT2D eigenvalue weighted by molar-refractivity contribution is 7.89. The lowest BCUT2D eigenvalue weighted by atomic mass is 9.96. The van der Waals surface area contributed by atoms with Crippen molar-refractivity contribution in [2.75, 3.05) is 20.1 Å². The zero-order valence-electron chi connectivity index (χ0n) is 15.3. The molecule has 0 radical (unpaired) electrons. The molecule has 1 aromatic heterocycles. The summed E-state index contributed by atoms with van der Waals surface area (Å²) in [4.78, 5) is 14.1. The van der Waals surface area contributed by atoms with Gasteiger partial charge < -0.3 is 9.32 Å². The van der Waals surface area contributed by atoms with Crippen molar-refractivity contribution in [1.29, 1.82) is 0 Å². The number of piperidine rings is 1. The van der Waals surface area contributed by atoms with Gasteiger partial charge in [0, 0.05) is 26.1 Å². The molecule has 0 aliphatic carbocycles. The van der Waals surface area contributed by atoms with Crippen LogP contribution in [0.15, 0.2) is 52.0 Å². The summed E-state index contributed by atoms with van der Waals surface area (Å²) in [7, 11) is -2.18. The second-order valence-electron chi connectivity index (χ2n) is 6.75. The van der Waals surface area contributed by atoms with Gasteiger partial charge in [0.25, 0.3) is 0 Å². The number of benzene rings is 1. The third-order valence-corrected chi connectivity index (χ3v) is 7.07. The molecule has 0 spiro atoms. The molecule has 6 nitrogen and oxygen atoms in total. The molecule has 2 aromatic rings. The second-order valence-corrected chi connectivity index (χ2v) is 8.66. The Hall–Kier alpha value is -2.19. The first-order valence-corrected chi connectivity index (χ1v) is 10.3. The van der Waals surface area contributed by atoms with Gasteiger partial charge in [-0.25, -0.2) is 12.8 Å². The Kier molecular flexibility index (Phi) is 5.67. The number of nitrogens with zero attached hydrogens (tertiary/aromatic N) is 2. The summed E-state index contributed by atoms with van der Waals surface area (Å²) in [6.07, 6.45) is 2.37. The molecule has 3 rings (SSSR count). The molecular formula is C19H23FN2O4S. The van der Waals surface area contributed by atoms with E-state index in [0.29, 0.717) is 18.6 Å². The minimum atomic E-state index is -3.90. The summed E-state index contributed by atoms with van der Waals surface area (Å²) >= 11 is 0. The number of halogens is 1. The summed E-state index contributed by atoms with van der Waals surface area (Å²) < 4.78 is 45.8. The molecule has 146 valence electrons. The van der Waals surface area contributed by atoms with E-state index in [1.54, 1.807) is 24.3 Å². The van der Waals surface area contributed by atoms with E-state index >= 15 is 0 Å². The van der Waals surface area contributed by atoms with Crippen molar-refractivity contribution in [3.05, 3.63) is 54.2 Å². The molecule has 1 amide bonds. The Morgan fingerprint density at radius 3 is 2.48 bits per heavy atom. The minimum Gasteiger partial charge on any atom is -0.467 e. The van der Waals surface area contributed by atoms with Crippen molar-refractivity contribution in [1.82, 2.24) is 9.21 Å². The van der Waals surface area contributed by atoms with Gasteiger partial charge >= 0.3 is 0 Å². The van der Waals surface area contributed by atoms with Crippen LogP contribution in [0.4, 0.5) is 4.39 Å². The van der Waals surface area contributed by atoms with Crippen LogP contribution in [-0.4, -0.2) is 43.7 Å². The van der Waals surface area contributed by atoms with E-state index in [1.165, 1.54) is 22.5 Å². The molecule has 0 bridgehead atoms. The van der Waals surface area contributed by atoms with Crippen molar-refractivity contribution in [3.8, 4) is 0 Å². The third-order valence-electron chi connectivity index (χ3n) is 5.14. The number of hydrogen-bond acceptors (Lipinski definition) is 4. The number of rotatable bonds is 5. The summed E-state index contributed by atoms with van der Waals surface area (Å²) in [5.74, 6) is -0.366. The molecule has 0 N–H and O–H groups in total. The number of hydrogen-bond donors (Lipinski definition) is 0. The Balaban J connectivity index is 1.65. The van der Waals surface area contributed by atoms with Crippen LogP contribution in [-0.2, 0) is 14.8 Å². The van der Waals surface area contributed by atoms with Crippen LogP contribution < -0.4 is 0 Å². The lowest BCUT2D eigenvalue weighted by Gasteiger charge is -2.34. The van der Waals surface area contributed by atoms with Crippen LogP contribution in [0.25, 0.3) is 0 Å². The van der Waals surface area contributed by atoms with E-state index < -0.39 is 15.8 Å². The molecule has 0 saturated carbocycles. The third kappa shape index (κ3) is 3.91. The Morgan fingerprint density at radius 2 is 1.89 bits per heavy atom. The van der Waals surface area contributed by atoms with E-state index in [1.807, 2.05) is 13.0 Å². The number of amides is 1. The van der Waals surface area contributed by atoms with Gasteiger partial charge in [0.15, 0.2) is 0 Å². The largest absolute Gasteiger partial charge is 0.467 e. The van der Waals surface area contributed by atoms with Crippen molar-refractivity contribution >= 4 is 15.9 Å². The molecule has 8 heteroatoms. The normalized spacial score (nSPS) is 17.6. The highest BCUT2D eigenvalue weighted by Gasteiger charge is 2.35. The van der Waals surface area contributed by atoms with E-state index in [9.17, 15) is 17.6 Å². The Bertz CT molecular complexity index is 890. The fourth-order valence-corrected chi connectivity index (χ4v) is 4.87. The van der Waals surface area contributed by atoms with E-state index in [0.717, 1.165) is 6.07 Å². The molecule has 27 heavy (non-hydrogen) atoms. The van der Waals surface area contributed by atoms with Crippen LogP contribution in [0.1, 0.15) is 31.6 Å². The van der Waals surface area contributed by atoms with Crippen molar-refractivity contribution < 1.29 is 22.0 Å². The van der Waals surface area contributed by atoms with E-state index in [4.69, 9.17) is 4.42 Å². The fourth-order valence-electron chi connectivity index (χ4n) is 3.33. The van der Waals surface area contributed by atoms with E-state index in [-0.39, 0.29) is 35.9 Å². The van der Waals surface area contributed by atoms with Crippen molar-refractivity contribution in [2.45, 2.75) is 30.7 Å². The minimum absolute atomic E-state index is 0.0400. The number of carbonyl (C=O) groups is 1. The van der Waals surface area contributed by atoms with Gasteiger partial charge in [0.1, 0.15) is 16.5 Å². The van der Waals surface area contributed by atoms with Crippen molar-refractivity contribution in [2.24, 2.45) is 5.92 Å². The summed E-state index contributed by atoms with van der Waals surface area (Å²) in [6, 6.07) is 8.74. The molecule has 1 saturated heterocycles. The Morgan fingerprint density at radius 1 is 1.22 bits per heavy atom. The van der Waals surface area contributed by atoms with Gasteiger partial charge in [0.2, 0.25) is 15.9 Å². The van der Waals surface area contributed by atoms with Gasteiger partial charge in [-0.15, -0.1) is 0 Å². The molecule has 1 unspecified atom stereocenters. The summed E-state index contributed by atoms with van der Waals surface area (Å²) in [5, 5.41) is 0. The van der Waals surface area contributed by atoms with Crippen LogP contribution >= 0.6 is 0 Å². The smallest absolute Gasteiger partial charge is 0.245 e. The molecule has 1 aliphatic heterocycles. The predicted octanol–water partition coefficient (Wildman–Crippen LogP) is 3.04. The lowest BCUT2D eigenvalue weighted by Crippen LogP contribution is -2.44. The molecule has 1 fully saturated rings. The highest BCUT2D eigenvalue weighted by atomic mass is 32.2. The lowest BCUT2D eigenvalue weighted by molar-refractivity contribution is -0.137. The van der Waals surface area contributed by atoms with Crippen LogP contribution in [0, 0.1) is 11.7 Å². The van der Waals surface area contributed by atoms with Crippen LogP contribution in [0.3, 0.4) is 0 Å². The first-order valence-electron chi connectivity index (χ1n) is 8.87. The first-order chi connectivity index (χ1) is 12.8. The second kappa shape index (κ2) is 7.82. The molecule has 2 heterocycles. The summed E-state index contributed by atoms with van der Waals surface area (Å²) in [5.41, 5.74) is 0. The average Bonchev–Trinajstić information content (AvgIpc) is 3.21. The van der Waals surface area contributed by atoms with Gasteiger partial charge in [-0.05, 0) is 44.0 Å². The number of furan rings is 1. The first kappa shape index (κ1) is 19.6. The number of sulfonamides is 1. The maximum atomic E-state index is 13.9. The van der Waals surface area contributed by atoms with E-state index in [2.05, 4.69) is 0 Å². The molecule has 1 aromatic carbocycles. The Labute approximate surface area is 158 Å². The van der Waals surface area contributed by atoms with Gasteiger partial charge in [-0.1, -0.05) is 12.1 Å². The average molecular weight is 394 g/mol. The van der Waals surface area contributed by atoms with Gasteiger partial charge in [-0.2, -0.15) is 4.31 Å². The number of carbonyl (C=O) groups excluding carboxylic acids is 1. The standard InChI is InChI=1S/C19H23FN2O4S/c1-14(17-7-5-13-26-17)21(2)19(23)15-9-11-22(12-10-15)27(24,25)18-8-4-3-6-16(18)20/h3-8,13-15H,9-12H2,1-2H3. The topological polar surface area (TPSA) is 70.8 Å². The molecule has 1 atom stereocenters. The van der Waals surface area contributed by atoms with Crippen LogP contribution in [0.2, 0.25) is 0 Å². The fraction of sp³-hybridized carbons (Fsp3) is 0.421. The van der Waals surface area contributed by atoms with Gasteiger partial charge in [-0.3, -0.25) is 4.79 Å². The molecular weight excluding hydrogens is 371 g/mol. The van der Waals surface area contributed by atoms with Crippen molar-refractivity contribution in [3.63, 3.8) is 0 Å². The van der Waals surface area contributed by atoms with Gasteiger partial charge in [0.05, 0.1) is 12.3 Å². The zero-order valence-corrected chi connectivity index (χ0v) is 16.2. The maximum absolute atomic E-state index is 13.9. The highest BCUT2D eigenvalue weighted by Crippen LogP contribution is 2.28. The zero-order chi connectivity index (χ0) is 19.6. The maximum Gasteiger partial charge on any atom is 0.245 e.